The van der Waals surface area contributed by atoms with Crippen LogP contribution in [0.5, 0.6) is 17.2 Å². The van der Waals surface area contributed by atoms with Crippen molar-refractivity contribution >= 4 is 40.0 Å². The van der Waals surface area contributed by atoms with Crippen LogP contribution >= 0.6 is 11.3 Å². The van der Waals surface area contributed by atoms with E-state index in [-0.39, 0.29) is 18.4 Å². The number of nitrogens with zero attached hydrogens (tertiary/aromatic N) is 2. The summed E-state index contributed by atoms with van der Waals surface area (Å²) in [7, 11) is 3.29. The van der Waals surface area contributed by atoms with Gasteiger partial charge >= 0.3 is 0 Å². The molecule has 2 amide bonds. The SMILES string of the molecule is CCOc1ccc(C=CC(=O)Nc2nc(-c3ccc4c(c3)N(C)C(=O)CO4)cs2)cc1OC. The second-order valence-electron chi connectivity index (χ2n) is 7.13. The molecule has 3 aromatic rings. The van der Waals surface area contributed by atoms with Crippen LogP contribution in [-0.4, -0.2) is 44.2 Å². The summed E-state index contributed by atoms with van der Waals surface area (Å²) in [5, 5.41) is 5.10. The predicted octanol–water partition coefficient (Wildman–Crippen LogP) is 4.22. The zero-order valence-electron chi connectivity index (χ0n) is 18.5. The normalized spacial score (nSPS) is 12.9. The van der Waals surface area contributed by atoms with E-state index in [1.165, 1.54) is 17.4 Å². The summed E-state index contributed by atoms with van der Waals surface area (Å²) in [6, 6.07) is 11.0. The lowest BCUT2D eigenvalue weighted by atomic mass is 10.1. The first-order valence-corrected chi connectivity index (χ1v) is 11.2. The Morgan fingerprint density at radius 1 is 1.27 bits per heavy atom. The highest BCUT2D eigenvalue weighted by Crippen LogP contribution is 2.36. The van der Waals surface area contributed by atoms with Crippen molar-refractivity contribution in [3.8, 4) is 28.5 Å². The molecule has 1 aromatic heterocycles. The highest BCUT2D eigenvalue weighted by atomic mass is 32.1. The lowest BCUT2D eigenvalue weighted by Crippen LogP contribution is -2.35. The Hall–Kier alpha value is -3.85. The van der Waals surface area contributed by atoms with Crippen molar-refractivity contribution < 1.29 is 23.8 Å². The van der Waals surface area contributed by atoms with Gasteiger partial charge in [0.25, 0.3) is 5.91 Å². The fraction of sp³-hybridized carbons (Fsp3) is 0.208. The van der Waals surface area contributed by atoms with Crippen LogP contribution in [0.2, 0.25) is 0 Å². The Bertz CT molecular complexity index is 1220. The molecule has 9 heteroatoms. The van der Waals surface area contributed by atoms with Crippen molar-refractivity contribution in [1.82, 2.24) is 4.98 Å². The minimum absolute atomic E-state index is 0.0344. The van der Waals surface area contributed by atoms with Crippen LogP contribution in [-0.2, 0) is 9.59 Å². The smallest absolute Gasteiger partial charge is 0.264 e. The molecular weight excluding hydrogens is 442 g/mol. The number of hydrogen-bond donors (Lipinski definition) is 1. The number of nitrogens with one attached hydrogen (secondary N) is 1. The van der Waals surface area contributed by atoms with E-state index in [1.54, 1.807) is 31.2 Å². The van der Waals surface area contributed by atoms with E-state index >= 15 is 0 Å². The molecule has 0 bridgehead atoms. The van der Waals surface area contributed by atoms with Crippen LogP contribution in [0.1, 0.15) is 12.5 Å². The molecule has 0 radical (unpaired) electrons. The van der Waals surface area contributed by atoms with Gasteiger partial charge in [-0.05, 0) is 48.9 Å². The monoisotopic (exact) mass is 465 g/mol. The van der Waals surface area contributed by atoms with Crippen LogP contribution in [0.15, 0.2) is 47.9 Å². The topological polar surface area (TPSA) is 90.0 Å². The Labute approximate surface area is 195 Å². The number of fused-ring (bicyclic) bond motifs is 1. The Kier molecular flexibility index (Phi) is 6.60. The number of likely N-dealkylation sites (N-methyl/N-ethyl adjacent to an activating group) is 1. The molecular formula is C24H23N3O5S. The maximum atomic E-state index is 12.4. The first-order chi connectivity index (χ1) is 16.0. The van der Waals surface area contributed by atoms with Crippen molar-refractivity contribution in [2.24, 2.45) is 0 Å². The number of amides is 2. The van der Waals surface area contributed by atoms with Crippen LogP contribution in [0.3, 0.4) is 0 Å². The average molecular weight is 466 g/mol. The molecule has 1 N–H and O–H groups in total. The molecule has 170 valence electrons. The molecule has 1 aliphatic heterocycles. The maximum absolute atomic E-state index is 12.4. The standard InChI is InChI=1S/C24H23N3O5S/c1-4-31-20-8-5-15(11-21(20)30-3)6-10-22(28)26-24-25-17(14-33-24)16-7-9-19-18(12-16)27(2)23(29)13-32-19/h5-12,14H,4,13H2,1-3H3,(H,25,26,28). The molecule has 0 spiro atoms. The first-order valence-electron chi connectivity index (χ1n) is 10.3. The number of carbonyl (C=O) groups is 2. The van der Waals surface area contributed by atoms with Gasteiger partial charge in [0, 0.05) is 24.1 Å². The molecule has 1 aliphatic rings. The molecule has 0 saturated carbocycles. The van der Waals surface area contributed by atoms with Crippen molar-refractivity contribution in [3.63, 3.8) is 0 Å². The van der Waals surface area contributed by atoms with E-state index < -0.39 is 0 Å². The number of rotatable bonds is 7. The van der Waals surface area contributed by atoms with E-state index in [2.05, 4.69) is 10.3 Å². The summed E-state index contributed by atoms with van der Waals surface area (Å²) >= 11 is 1.32. The Morgan fingerprint density at radius 3 is 2.91 bits per heavy atom. The molecule has 2 heterocycles. The summed E-state index contributed by atoms with van der Waals surface area (Å²) in [6.07, 6.45) is 3.13. The second kappa shape index (κ2) is 9.74. The third kappa shape index (κ3) is 4.98. The van der Waals surface area contributed by atoms with Gasteiger partial charge in [-0.1, -0.05) is 6.07 Å². The van der Waals surface area contributed by atoms with Gasteiger partial charge in [0.05, 0.1) is 25.1 Å². The maximum Gasteiger partial charge on any atom is 0.264 e. The molecule has 0 atom stereocenters. The van der Waals surface area contributed by atoms with E-state index in [9.17, 15) is 9.59 Å². The number of thiazole rings is 1. The number of carbonyl (C=O) groups excluding carboxylic acids is 2. The minimum atomic E-state index is -0.298. The summed E-state index contributed by atoms with van der Waals surface area (Å²) in [5.74, 6) is 1.50. The third-order valence-electron chi connectivity index (χ3n) is 4.99. The lowest BCUT2D eigenvalue weighted by molar-refractivity contribution is -0.121. The van der Waals surface area contributed by atoms with Gasteiger partial charge in [0.2, 0.25) is 5.91 Å². The fourth-order valence-corrected chi connectivity index (χ4v) is 4.00. The van der Waals surface area contributed by atoms with Gasteiger partial charge in [0.1, 0.15) is 5.75 Å². The zero-order valence-corrected chi connectivity index (χ0v) is 19.3. The van der Waals surface area contributed by atoms with E-state index in [1.807, 2.05) is 42.6 Å². The second-order valence-corrected chi connectivity index (χ2v) is 7.99. The quantitative estimate of drug-likeness (QED) is 0.526. The van der Waals surface area contributed by atoms with Crippen LogP contribution in [0.4, 0.5) is 10.8 Å². The third-order valence-corrected chi connectivity index (χ3v) is 5.75. The highest BCUT2D eigenvalue weighted by Gasteiger charge is 2.23. The number of hydrogen-bond acceptors (Lipinski definition) is 7. The number of aromatic nitrogens is 1. The average Bonchev–Trinajstić information content (AvgIpc) is 3.29. The summed E-state index contributed by atoms with van der Waals surface area (Å²) < 4.78 is 16.3. The number of methoxy groups -OCH3 is 1. The molecule has 0 unspecified atom stereocenters. The molecule has 4 rings (SSSR count). The molecule has 2 aromatic carbocycles. The highest BCUT2D eigenvalue weighted by molar-refractivity contribution is 7.14. The zero-order chi connectivity index (χ0) is 23.4. The van der Waals surface area contributed by atoms with E-state index in [0.29, 0.717) is 40.4 Å². The van der Waals surface area contributed by atoms with Gasteiger partial charge in [-0.3, -0.25) is 14.9 Å². The minimum Gasteiger partial charge on any atom is -0.493 e. The number of anilines is 2. The van der Waals surface area contributed by atoms with E-state index in [0.717, 1.165) is 11.1 Å². The summed E-state index contributed by atoms with van der Waals surface area (Å²) in [6.45, 7) is 2.48. The van der Waals surface area contributed by atoms with E-state index in [4.69, 9.17) is 14.2 Å². The summed E-state index contributed by atoms with van der Waals surface area (Å²) in [5.41, 5.74) is 3.02. The molecule has 8 nitrogen and oxygen atoms in total. The Balaban J connectivity index is 1.44. The molecule has 0 fully saturated rings. The van der Waals surface area contributed by atoms with Gasteiger partial charge in [0.15, 0.2) is 23.2 Å². The van der Waals surface area contributed by atoms with Crippen LogP contribution < -0.4 is 24.4 Å². The molecule has 33 heavy (non-hydrogen) atoms. The fourth-order valence-electron chi connectivity index (χ4n) is 3.28. The Morgan fingerprint density at radius 2 is 2.12 bits per heavy atom. The van der Waals surface area contributed by atoms with Crippen molar-refractivity contribution in [2.75, 3.05) is 37.6 Å². The van der Waals surface area contributed by atoms with Crippen molar-refractivity contribution in [1.29, 1.82) is 0 Å². The first kappa shape index (κ1) is 22.3. The predicted molar refractivity (Wildman–Crippen MR) is 128 cm³/mol. The molecule has 0 saturated heterocycles. The number of ether oxygens (including phenoxy) is 3. The van der Waals surface area contributed by atoms with Gasteiger partial charge < -0.3 is 19.1 Å². The van der Waals surface area contributed by atoms with Gasteiger partial charge in [-0.2, -0.15) is 0 Å². The largest absolute Gasteiger partial charge is 0.493 e. The van der Waals surface area contributed by atoms with Crippen LogP contribution in [0.25, 0.3) is 17.3 Å². The lowest BCUT2D eigenvalue weighted by Gasteiger charge is -2.26. The van der Waals surface area contributed by atoms with Crippen molar-refractivity contribution in [3.05, 3.63) is 53.4 Å². The van der Waals surface area contributed by atoms with Gasteiger partial charge in [-0.25, -0.2) is 4.98 Å². The number of benzene rings is 2. The van der Waals surface area contributed by atoms with Crippen molar-refractivity contribution in [2.45, 2.75) is 6.92 Å². The van der Waals surface area contributed by atoms with Crippen LogP contribution in [0, 0.1) is 0 Å². The van der Waals surface area contributed by atoms with Gasteiger partial charge in [-0.15, -0.1) is 11.3 Å². The molecule has 0 aliphatic carbocycles. The summed E-state index contributed by atoms with van der Waals surface area (Å²) in [4.78, 5) is 30.3.